The van der Waals surface area contributed by atoms with Crippen LogP contribution in [0.5, 0.6) is 5.88 Å². The average Bonchev–Trinajstić information content (AvgIpc) is 3.05. The Morgan fingerprint density at radius 1 is 1.16 bits per heavy atom. The summed E-state index contributed by atoms with van der Waals surface area (Å²) in [5.74, 6) is -0.519. The minimum Gasteiger partial charge on any atom is -0.475 e. The van der Waals surface area contributed by atoms with E-state index in [9.17, 15) is 17.6 Å². The smallest absolute Gasteiger partial charge is 0.238 e. The largest absolute Gasteiger partial charge is 0.475 e. The first-order chi connectivity index (χ1) is 17.6. The molecule has 1 saturated carbocycles. The van der Waals surface area contributed by atoms with Crippen molar-refractivity contribution in [1.29, 1.82) is 0 Å². The van der Waals surface area contributed by atoms with E-state index in [4.69, 9.17) is 4.74 Å². The van der Waals surface area contributed by atoms with Crippen molar-refractivity contribution < 1.29 is 26.7 Å². The third-order valence-corrected chi connectivity index (χ3v) is 7.53. The highest BCUT2D eigenvalue weighted by Crippen LogP contribution is 2.55. The molecule has 0 saturated heterocycles. The SMILES string of the molecule is CN1C(=O)C2(CCC2)c2c1cnc1cc(F)c(-c3cnc(OCCNCCF)c(NS(C)(=O)=O)c3)cc21.Cl. The molecule has 2 N–H and O–H groups in total. The van der Waals surface area contributed by atoms with Gasteiger partial charge in [-0.05, 0) is 25.0 Å². The van der Waals surface area contributed by atoms with E-state index in [-0.39, 0.29) is 48.6 Å². The number of anilines is 2. The number of carbonyl (C=O) groups is 1. The van der Waals surface area contributed by atoms with Gasteiger partial charge in [-0.2, -0.15) is 0 Å². The molecule has 204 valence electrons. The van der Waals surface area contributed by atoms with E-state index < -0.39 is 27.9 Å². The van der Waals surface area contributed by atoms with Gasteiger partial charge in [-0.15, -0.1) is 12.4 Å². The summed E-state index contributed by atoms with van der Waals surface area (Å²) < 4.78 is 59.5. The standard InChI is InChI=1S/C25H27F2N5O4S.ClH/c1-32-21-14-29-19-12-18(27)16(11-17(19)22(21)25(24(32)33)4-3-5-25)15-10-20(31-37(2,34)35)23(30-13-15)36-9-8-28-7-6-26;/h10-14,28,31H,3-9H2,1-2H3;1H. The van der Waals surface area contributed by atoms with E-state index in [1.54, 1.807) is 24.2 Å². The number of nitrogens with zero attached hydrogens (tertiary/aromatic N) is 3. The number of likely N-dealkylation sites (N-methyl/N-ethyl adjacent to an activating group) is 1. The van der Waals surface area contributed by atoms with Crippen molar-refractivity contribution in [3.63, 3.8) is 0 Å². The van der Waals surface area contributed by atoms with Crippen molar-refractivity contribution in [2.75, 3.05) is 49.3 Å². The number of hydrogen-bond donors (Lipinski definition) is 2. The van der Waals surface area contributed by atoms with Gasteiger partial charge in [0.05, 0.1) is 29.1 Å². The zero-order valence-electron chi connectivity index (χ0n) is 20.9. The Morgan fingerprint density at radius 2 is 1.92 bits per heavy atom. The van der Waals surface area contributed by atoms with E-state index in [1.165, 1.54) is 18.3 Å². The molecule has 0 atom stereocenters. The molecule has 0 radical (unpaired) electrons. The van der Waals surface area contributed by atoms with Gasteiger partial charge >= 0.3 is 0 Å². The van der Waals surface area contributed by atoms with Gasteiger partial charge in [-0.1, -0.05) is 6.42 Å². The predicted octanol–water partition coefficient (Wildman–Crippen LogP) is 3.57. The highest BCUT2D eigenvalue weighted by Gasteiger charge is 2.54. The summed E-state index contributed by atoms with van der Waals surface area (Å²) in [4.78, 5) is 23.4. The molecule has 1 aliphatic heterocycles. The van der Waals surface area contributed by atoms with Crippen LogP contribution < -0.4 is 19.7 Å². The van der Waals surface area contributed by atoms with Crippen LogP contribution >= 0.6 is 12.4 Å². The number of fused-ring (bicyclic) bond motifs is 4. The number of aromatic nitrogens is 2. The molecule has 13 heteroatoms. The summed E-state index contributed by atoms with van der Waals surface area (Å²) in [5.41, 5.74) is 1.98. The van der Waals surface area contributed by atoms with Crippen molar-refractivity contribution in [1.82, 2.24) is 15.3 Å². The molecule has 1 amide bonds. The van der Waals surface area contributed by atoms with Gasteiger partial charge in [-0.3, -0.25) is 14.5 Å². The molecule has 3 heterocycles. The quantitative estimate of drug-likeness (QED) is 0.380. The van der Waals surface area contributed by atoms with Crippen LogP contribution in [0.2, 0.25) is 0 Å². The zero-order valence-corrected chi connectivity index (χ0v) is 22.5. The summed E-state index contributed by atoms with van der Waals surface area (Å²) >= 11 is 0. The van der Waals surface area contributed by atoms with Crippen LogP contribution in [0, 0.1) is 5.82 Å². The average molecular weight is 568 g/mol. The number of benzene rings is 1. The Balaban J connectivity index is 0.00000336. The lowest BCUT2D eigenvalue weighted by Gasteiger charge is -2.37. The van der Waals surface area contributed by atoms with Crippen LogP contribution in [0.25, 0.3) is 22.0 Å². The molecule has 9 nitrogen and oxygen atoms in total. The molecular formula is C25H28ClF2N5O4S. The third-order valence-electron chi connectivity index (χ3n) is 6.94. The minimum atomic E-state index is -3.70. The number of sulfonamides is 1. The lowest BCUT2D eigenvalue weighted by Crippen LogP contribution is -2.43. The van der Waals surface area contributed by atoms with Gasteiger partial charge < -0.3 is 15.0 Å². The van der Waals surface area contributed by atoms with Gasteiger partial charge in [-0.25, -0.2) is 22.2 Å². The number of ether oxygens (including phenoxy) is 1. The third kappa shape index (κ3) is 4.87. The first kappa shape index (κ1) is 27.9. The molecule has 1 aliphatic carbocycles. The molecule has 5 rings (SSSR count). The van der Waals surface area contributed by atoms with E-state index in [2.05, 4.69) is 20.0 Å². The highest BCUT2D eigenvalue weighted by atomic mass is 35.5. The molecule has 38 heavy (non-hydrogen) atoms. The lowest BCUT2D eigenvalue weighted by molar-refractivity contribution is -0.125. The summed E-state index contributed by atoms with van der Waals surface area (Å²) in [7, 11) is -1.97. The van der Waals surface area contributed by atoms with Crippen molar-refractivity contribution in [2.45, 2.75) is 24.7 Å². The molecule has 2 aromatic heterocycles. The fourth-order valence-corrected chi connectivity index (χ4v) is 5.66. The van der Waals surface area contributed by atoms with E-state index >= 15 is 4.39 Å². The number of halogens is 3. The molecule has 0 unspecified atom stereocenters. The highest BCUT2D eigenvalue weighted by molar-refractivity contribution is 7.92. The summed E-state index contributed by atoms with van der Waals surface area (Å²) in [5, 5.41) is 3.51. The van der Waals surface area contributed by atoms with Gasteiger partial charge in [0.25, 0.3) is 0 Å². The van der Waals surface area contributed by atoms with E-state index in [1.807, 2.05) is 0 Å². The molecule has 0 bridgehead atoms. The van der Waals surface area contributed by atoms with Crippen LogP contribution in [0.1, 0.15) is 24.8 Å². The Morgan fingerprint density at radius 3 is 2.58 bits per heavy atom. The van der Waals surface area contributed by atoms with Crippen molar-refractivity contribution in [2.24, 2.45) is 0 Å². The van der Waals surface area contributed by atoms with Crippen LogP contribution in [-0.2, 0) is 20.2 Å². The lowest BCUT2D eigenvalue weighted by atomic mass is 9.64. The van der Waals surface area contributed by atoms with E-state index in [0.29, 0.717) is 23.0 Å². The topological polar surface area (TPSA) is 114 Å². The van der Waals surface area contributed by atoms with Crippen molar-refractivity contribution in [3.05, 3.63) is 42.0 Å². The number of carbonyl (C=O) groups excluding carboxylic acids is 1. The number of rotatable bonds is 9. The fraction of sp³-hybridized carbons (Fsp3) is 0.400. The monoisotopic (exact) mass is 567 g/mol. The number of amides is 1. The normalized spacial score (nSPS) is 15.8. The van der Waals surface area contributed by atoms with Crippen LogP contribution in [0.15, 0.2) is 30.6 Å². The summed E-state index contributed by atoms with van der Waals surface area (Å²) in [6.45, 7) is 0.108. The Kier molecular flexibility index (Phi) is 7.78. The molecule has 1 fully saturated rings. The minimum absolute atomic E-state index is 0. The maximum atomic E-state index is 15.3. The van der Waals surface area contributed by atoms with Gasteiger partial charge in [0.2, 0.25) is 21.8 Å². The van der Waals surface area contributed by atoms with Crippen LogP contribution in [-0.4, -0.2) is 64.0 Å². The van der Waals surface area contributed by atoms with Crippen LogP contribution in [0.4, 0.5) is 20.2 Å². The van der Waals surface area contributed by atoms with Crippen molar-refractivity contribution >= 4 is 50.6 Å². The molecule has 3 aromatic rings. The fourth-order valence-electron chi connectivity index (χ4n) is 5.11. The number of alkyl halides is 1. The second-order valence-electron chi connectivity index (χ2n) is 9.41. The second kappa shape index (κ2) is 10.6. The predicted molar refractivity (Wildman–Crippen MR) is 144 cm³/mol. The molecule has 1 aromatic carbocycles. The van der Waals surface area contributed by atoms with Gasteiger partial charge in [0.15, 0.2) is 0 Å². The number of pyridine rings is 2. The molecular weight excluding hydrogens is 540 g/mol. The summed E-state index contributed by atoms with van der Waals surface area (Å²) in [6.07, 6.45) is 6.40. The summed E-state index contributed by atoms with van der Waals surface area (Å²) in [6, 6.07) is 4.44. The maximum Gasteiger partial charge on any atom is 0.238 e. The Labute approximate surface area is 225 Å². The maximum absolute atomic E-state index is 15.3. The number of nitrogens with one attached hydrogen (secondary N) is 2. The van der Waals surface area contributed by atoms with E-state index in [0.717, 1.165) is 36.8 Å². The molecule has 2 aliphatic rings. The van der Waals surface area contributed by atoms with Crippen molar-refractivity contribution in [3.8, 4) is 17.0 Å². The zero-order chi connectivity index (χ0) is 26.4. The van der Waals surface area contributed by atoms with Gasteiger partial charge in [0.1, 0.15) is 24.8 Å². The number of hydrogen-bond acceptors (Lipinski definition) is 7. The Hall–Kier alpha value is -3.09. The Bertz CT molecular complexity index is 1500. The van der Waals surface area contributed by atoms with Gasteiger partial charge in [0, 0.05) is 54.5 Å². The van der Waals surface area contributed by atoms with Crippen LogP contribution in [0.3, 0.4) is 0 Å². The first-order valence-corrected chi connectivity index (χ1v) is 13.8. The second-order valence-corrected chi connectivity index (χ2v) is 11.2. The first-order valence-electron chi connectivity index (χ1n) is 11.9. The molecule has 1 spiro atoms.